The molecule has 15 rings (SSSR count). The molecule has 72 heavy (non-hydrogen) atoms. The van der Waals surface area contributed by atoms with Gasteiger partial charge in [-0.25, -0.2) is 0 Å². The van der Waals surface area contributed by atoms with Gasteiger partial charge in [0.2, 0.25) is 0 Å². The average Bonchev–Trinajstić information content (AvgIpc) is 4.18. The molecule has 0 bridgehead atoms. The van der Waals surface area contributed by atoms with E-state index in [1.807, 2.05) is 0 Å². The third kappa shape index (κ3) is 5.87. The number of para-hydroxylation sites is 6. The Kier molecular flexibility index (Phi) is 9.35. The molecule has 0 aliphatic heterocycles. The monoisotopic (exact) mass is 932 g/mol. The fraction of sp³-hybridized carbons (Fsp3) is 0.235. The molecule has 352 valence electrons. The predicted octanol–water partition coefficient (Wildman–Crippen LogP) is 18.4. The summed E-state index contributed by atoms with van der Waals surface area (Å²) in [6.45, 7) is 4.77. The Morgan fingerprint density at radius 1 is 0.347 bits per heavy atom. The highest BCUT2D eigenvalue weighted by atomic mass is 15.3. The van der Waals surface area contributed by atoms with Crippen molar-refractivity contribution in [3.63, 3.8) is 0 Å². The largest absolute Gasteiger partial charge is 0.316 e. The van der Waals surface area contributed by atoms with Crippen LogP contribution in [0.1, 0.15) is 102 Å². The summed E-state index contributed by atoms with van der Waals surface area (Å²) in [7, 11) is 0. The van der Waals surface area contributed by atoms with Gasteiger partial charge in [0.25, 0.3) is 0 Å². The molecular formula is C68H60N4. The molecule has 4 aromatic heterocycles. The van der Waals surface area contributed by atoms with Crippen molar-refractivity contribution in [3.05, 3.63) is 210 Å². The van der Waals surface area contributed by atoms with E-state index in [9.17, 15) is 0 Å². The molecule has 0 N–H and O–H groups in total. The first-order valence-electron chi connectivity index (χ1n) is 27.0. The van der Waals surface area contributed by atoms with Gasteiger partial charge in [-0.1, -0.05) is 151 Å². The summed E-state index contributed by atoms with van der Waals surface area (Å²) in [6.07, 6.45) is 15.4. The predicted molar refractivity (Wildman–Crippen MR) is 304 cm³/mol. The molecule has 1 atom stereocenters. The van der Waals surface area contributed by atoms with Gasteiger partial charge in [-0.05, 0) is 149 Å². The molecule has 0 saturated heterocycles. The van der Waals surface area contributed by atoms with E-state index in [2.05, 4.69) is 220 Å². The molecule has 2 saturated carbocycles. The summed E-state index contributed by atoms with van der Waals surface area (Å²) in [4.78, 5) is 0. The third-order valence-corrected chi connectivity index (χ3v) is 18.1. The van der Waals surface area contributed by atoms with Crippen LogP contribution in [0.2, 0.25) is 0 Å². The fourth-order valence-electron chi connectivity index (χ4n) is 15.1. The number of benzene rings is 8. The molecule has 4 heterocycles. The zero-order valence-corrected chi connectivity index (χ0v) is 41.5. The lowest BCUT2D eigenvalue weighted by Crippen LogP contribution is -2.42. The molecule has 12 aromatic rings. The van der Waals surface area contributed by atoms with Gasteiger partial charge in [0.15, 0.2) is 0 Å². The molecule has 0 radical (unpaired) electrons. The zero-order chi connectivity index (χ0) is 47.7. The second-order valence-electron chi connectivity index (χ2n) is 21.9. The highest BCUT2D eigenvalue weighted by Crippen LogP contribution is 2.51. The summed E-state index contributed by atoms with van der Waals surface area (Å²) in [5.41, 5.74) is 17.2. The van der Waals surface area contributed by atoms with Crippen molar-refractivity contribution in [1.29, 1.82) is 0 Å². The van der Waals surface area contributed by atoms with Gasteiger partial charge in [-0.15, -0.1) is 0 Å². The van der Waals surface area contributed by atoms with Gasteiger partial charge in [-0.3, -0.25) is 0 Å². The quantitative estimate of drug-likeness (QED) is 0.158. The molecule has 0 amide bonds. The van der Waals surface area contributed by atoms with Gasteiger partial charge >= 0.3 is 0 Å². The lowest BCUT2D eigenvalue weighted by atomic mass is 9.78. The van der Waals surface area contributed by atoms with Crippen molar-refractivity contribution in [2.75, 3.05) is 0 Å². The van der Waals surface area contributed by atoms with Crippen molar-refractivity contribution < 1.29 is 0 Å². The third-order valence-electron chi connectivity index (χ3n) is 18.1. The molecule has 3 aliphatic rings. The van der Waals surface area contributed by atoms with Gasteiger partial charge in [0.1, 0.15) is 11.3 Å². The Hall–Kier alpha value is -7.56. The van der Waals surface area contributed by atoms with Crippen LogP contribution in [0, 0.1) is 0 Å². The van der Waals surface area contributed by atoms with Crippen LogP contribution in [0.5, 0.6) is 0 Å². The number of allylic oxidation sites excluding steroid dienone is 4. The number of hydrogen-bond acceptors (Lipinski definition) is 0. The summed E-state index contributed by atoms with van der Waals surface area (Å²) < 4.78 is 11.0. The Morgan fingerprint density at radius 2 is 0.681 bits per heavy atom. The Bertz CT molecular complexity index is 4130. The van der Waals surface area contributed by atoms with E-state index in [1.54, 1.807) is 0 Å². The summed E-state index contributed by atoms with van der Waals surface area (Å²) in [5.74, 6) is 0.309. The van der Waals surface area contributed by atoms with Crippen molar-refractivity contribution in [3.8, 4) is 0 Å². The van der Waals surface area contributed by atoms with Crippen molar-refractivity contribution in [2.24, 2.45) is 0 Å². The maximum atomic E-state index is 2.78. The number of aromatic nitrogens is 4. The summed E-state index contributed by atoms with van der Waals surface area (Å²) in [6, 6.07) is 69.9. The van der Waals surface area contributed by atoms with Crippen molar-refractivity contribution in [1.82, 2.24) is 18.3 Å². The molecule has 1 unspecified atom stereocenters. The molecule has 4 heteroatoms. The first-order valence-corrected chi connectivity index (χ1v) is 27.0. The zero-order valence-electron chi connectivity index (χ0n) is 41.5. The van der Waals surface area contributed by atoms with Crippen LogP contribution in [0.4, 0.5) is 0 Å². The first kappa shape index (κ1) is 42.2. The van der Waals surface area contributed by atoms with Crippen molar-refractivity contribution >= 4 is 92.8 Å². The number of rotatable bonds is 6. The summed E-state index contributed by atoms with van der Waals surface area (Å²) in [5, 5.41) is 10.8. The smallest absolute Gasteiger partial charge is 0.122 e. The molecule has 0 spiro atoms. The number of hydrogen-bond donors (Lipinski definition) is 0. The Balaban J connectivity index is 0.842. The second-order valence-corrected chi connectivity index (χ2v) is 21.9. The van der Waals surface area contributed by atoms with Crippen LogP contribution in [0.3, 0.4) is 0 Å². The minimum atomic E-state index is -0.233. The highest BCUT2D eigenvalue weighted by Gasteiger charge is 2.42. The Morgan fingerprint density at radius 3 is 1.08 bits per heavy atom. The van der Waals surface area contributed by atoms with E-state index in [-0.39, 0.29) is 11.3 Å². The van der Waals surface area contributed by atoms with Crippen LogP contribution in [-0.2, 0) is 11.3 Å². The van der Waals surface area contributed by atoms with Crippen LogP contribution in [0.15, 0.2) is 199 Å². The van der Waals surface area contributed by atoms with Crippen LogP contribution in [0.25, 0.3) is 92.8 Å². The van der Waals surface area contributed by atoms with E-state index in [1.165, 1.54) is 154 Å². The van der Waals surface area contributed by atoms with E-state index < -0.39 is 0 Å². The highest BCUT2D eigenvalue weighted by molar-refractivity contribution is 6.12. The first-order chi connectivity index (χ1) is 35.5. The minimum absolute atomic E-state index is 0.228. The van der Waals surface area contributed by atoms with Gasteiger partial charge in [-0.2, -0.15) is 0 Å². The SMILES string of the molecule is CC1=CC(c2ccc3c(c2)c2ccccc2n3C2(n3c4ccccc4c4ccccc43)CCCCC2)=C(C)CC1c1ccc2c(c1)c1ccccc1n2C1(n2c3ccccc3c3ccccc32)CCCCC1. The topological polar surface area (TPSA) is 19.7 Å². The normalized spacial score (nSPS) is 18.5. The molecule has 8 aromatic carbocycles. The summed E-state index contributed by atoms with van der Waals surface area (Å²) >= 11 is 0. The van der Waals surface area contributed by atoms with E-state index in [4.69, 9.17) is 0 Å². The molecule has 3 aliphatic carbocycles. The lowest BCUT2D eigenvalue weighted by molar-refractivity contribution is 0.174. The minimum Gasteiger partial charge on any atom is -0.316 e. The maximum absolute atomic E-state index is 2.78. The molecule has 2 fully saturated rings. The van der Waals surface area contributed by atoms with E-state index in [0.717, 1.165) is 32.1 Å². The average molecular weight is 933 g/mol. The number of fused-ring (bicyclic) bond motifs is 12. The van der Waals surface area contributed by atoms with Crippen LogP contribution >= 0.6 is 0 Å². The Labute approximate surface area is 421 Å². The fourth-order valence-corrected chi connectivity index (χ4v) is 15.1. The second kappa shape index (κ2) is 16.0. The number of nitrogens with zero attached hydrogens (tertiary/aromatic N) is 4. The lowest BCUT2D eigenvalue weighted by Gasteiger charge is -2.43. The van der Waals surface area contributed by atoms with Crippen LogP contribution in [-0.4, -0.2) is 18.3 Å². The molecular weight excluding hydrogens is 873 g/mol. The molecule has 4 nitrogen and oxygen atoms in total. The van der Waals surface area contributed by atoms with Gasteiger partial charge in [0.05, 0.1) is 44.1 Å². The van der Waals surface area contributed by atoms with E-state index in [0.29, 0.717) is 5.92 Å². The van der Waals surface area contributed by atoms with Gasteiger partial charge < -0.3 is 18.3 Å². The van der Waals surface area contributed by atoms with E-state index >= 15 is 0 Å². The maximum Gasteiger partial charge on any atom is 0.122 e. The standard InChI is InChI=1S/C68H60N4/c1-45-41-56(48-34-36-66-58(44-48)54-26-10-16-32-64(54)72(66)68(39-19-4-20-40-68)70-61-29-13-7-23-51(61)52-24-8-14-30-62(52)70)46(2)42-55(45)47-33-35-65-57(43-47)53-25-9-15-31-63(53)71(65)67(37-17-3-18-38-67)69-59-27-11-5-21-49(59)50-22-6-12-28-60(50)69/h5-16,21-36,41,43-44,55H,3-4,17-20,37-40,42H2,1-2H3. The van der Waals surface area contributed by atoms with Gasteiger partial charge in [0, 0.05) is 49.0 Å². The van der Waals surface area contributed by atoms with Crippen molar-refractivity contribution in [2.45, 2.75) is 102 Å². The van der Waals surface area contributed by atoms with Crippen LogP contribution < -0.4 is 0 Å².